The lowest BCUT2D eigenvalue weighted by molar-refractivity contribution is 0.122. The molecule has 0 aliphatic carbocycles. The summed E-state index contributed by atoms with van der Waals surface area (Å²) in [5.41, 5.74) is 1.65. The highest BCUT2D eigenvalue weighted by molar-refractivity contribution is 7.99. The van der Waals surface area contributed by atoms with E-state index in [0.29, 0.717) is 49.7 Å². The molecule has 152 valence electrons. The van der Waals surface area contributed by atoms with E-state index in [1.165, 1.54) is 0 Å². The van der Waals surface area contributed by atoms with Crippen LogP contribution in [0.4, 0.5) is 23.5 Å². The van der Waals surface area contributed by atoms with E-state index in [2.05, 4.69) is 15.2 Å². The molecule has 0 unspecified atom stereocenters. The Morgan fingerprint density at radius 1 is 0.931 bits per heavy atom. The third kappa shape index (κ3) is 3.79. The Kier molecular flexibility index (Phi) is 5.41. The largest absolute Gasteiger partial charge is 0.378 e. The second-order valence-corrected chi connectivity index (χ2v) is 7.28. The fourth-order valence-electron chi connectivity index (χ4n) is 2.87. The van der Waals surface area contributed by atoms with Crippen LogP contribution in [0.3, 0.4) is 0 Å². The van der Waals surface area contributed by atoms with Gasteiger partial charge in [0.05, 0.1) is 23.8 Å². The number of nitrogens with zero attached hydrogens (tertiary/aromatic N) is 5. The van der Waals surface area contributed by atoms with Crippen LogP contribution in [0.25, 0.3) is 5.69 Å². The Morgan fingerprint density at radius 3 is 2.17 bits per heavy atom. The number of hydrogen-bond donors (Lipinski definition) is 0. The zero-order valence-electron chi connectivity index (χ0n) is 15.2. The van der Waals surface area contributed by atoms with Crippen LogP contribution in [0.5, 0.6) is 0 Å². The molecule has 11 heteroatoms. The average Bonchev–Trinajstić information content (AvgIpc) is 3.14. The molecule has 0 saturated carbocycles. The average molecular weight is 425 g/mol. The van der Waals surface area contributed by atoms with Crippen molar-refractivity contribution in [2.24, 2.45) is 0 Å². The van der Waals surface area contributed by atoms with Gasteiger partial charge in [0.1, 0.15) is 0 Å². The summed E-state index contributed by atoms with van der Waals surface area (Å²) in [7, 11) is 0. The molecule has 29 heavy (non-hydrogen) atoms. The molecule has 1 aromatic carbocycles. The van der Waals surface area contributed by atoms with Crippen molar-refractivity contribution in [2.45, 2.75) is 17.0 Å². The van der Waals surface area contributed by atoms with E-state index in [4.69, 9.17) is 4.74 Å². The Hall–Kier alpha value is -2.66. The van der Waals surface area contributed by atoms with Gasteiger partial charge in [0, 0.05) is 13.1 Å². The first kappa shape index (κ1) is 19.6. The van der Waals surface area contributed by atoms with Gasteiger partial charge in [0.2, 0.25) is 11.1 Å². The van der Waals surface area contributed by atoms with Crippen molar-refractivity contribution >= 4 is 17.7 Å². The van der Waals surface area contributed by atoms with Gasteiger partial charge >= 0.3 is 0 Å². The number of morpholine rings is 1. The Balaban J connectivity index is 1.82. The van der Waals surface area contributed by atoms with E-state index in [9.17, 15) is 17.6 Å². The standard InChI is InChI=1S/C18H15F4N5OS/c1-10-2-4-11(5-3-10)27-17(26-6-8-28-9-7-26)24-25-18(27)29-14-12(19)15(21)23-16(22)13(14)20/h2-5H,6-9H2,1H3. The second kappa shape index (κ2) is 7.99. The molecule has 3 heterocycles. The van der Waals surface area contributed by atoms with Crippen molar-refractivity contribution < 1.29 is 22.3 Å². The maximum atomic E-state index is 14.1. The highest BCUT2D eigenvalue weighted by atomic mass is 32.2. The summed E-state index contributed by atoms with van der Waals surface area (Å²) in [6, 6.07) is 7.32. The third-order valence-electron chi connectivity index (χ3n) is 4.35. The van der Waals surface area contributed by atoms with Crippen LogP contribution in [0, 0.1) is 30.5 Å². The molecular formula is C18H15F4N5OS. The number of pyridine rings is 1. The maximum absolute atomic E-state index is 14.1. The third-order valence-corrected chi connectivity index (χ3v) is 5.36. The Morgan fingerprint density at radius 2 is 1.55 bits per heavy atom. The van der Waals surface area contributed by atoms with Crippen molar-refractivity contribution in [3.8, 4) is 5.69 Å². The summed E-state index contributed by atoms with van der Waals surface area (Å²) in [5, 5.41) is 8.23. The minimum atomic E-state index is -1.72. The molecule has 1 saturated heterocycles. The van der Waals surface area contributed by atoms with Gasteiger partial charge in [0.25, 0.3) is 11.9 Å². The molecule has 0 spiro atoms. The zero-order valence-corrected chi connectivity index (χ0v) is 16.0. The monoisotopic (exact) mass is 425 g/mol. The van der Waals surface area contributed by atoms with Gasteiger partial charge in [-0.15, -0.1) is 10.2 Å². The molecule has 0 radical (unpaired) electrons. The molecule has 0 amide bonds. The van der Waals surface area contributed by atoms with Crippen LogP contribution in [0.2, 0.25) is 0 Å². The number of ether oxygens (including phenoxy) is 1. The Labute approximate surface area is 167 Å². The summed E-state index contributed by atoms with van der Waals surface area (Å²) < 4.78 is 62.2. The zero-order chi connectivity index (χ0) is 20.5. The van der Waals surface area contributed by atoms with E-state index < -0.39 is 28.4 Å². The van der Waals surface area contributed by atoms with Gasteiger partial charge < -0.3 is 9.64 Å². The molecule has 2 aromatic heterocycles. The van der Waals surface area contributed by atoms with Crippen LogP contribution in [-0.4, -0.2) is 46.1 Å². The lowest BCUT2D eigenvalue weighted by Crippen LogP contribution is -2.37. The topological polar surface area (TPSA) is 56.1 Å². The van der Waals surface area contributed by atoms with Crippen molar-refractivity contribution in [1.29, 1.82) is 0 Å². The quantitative estimate of drug-likeness (QED) is 0.471. The number of halogens is 4. The van der Waals surface area contributed by atoms with E-state index >= 15 is 0 Å². The van der Waals surface area contributed by atoms with Gasteiger partial charge in [-0.25, -0.2) is 8.78 Å². The molecule has 6 nitrogen and oxygen atoms in total. The van der Waals surface area contributed by atoms with Gasteiger partial charge in [-0.3, -0.25) is 4.57 Å². The number of aromatic nitrogens is 4. The van der Waals surface area contributed by atoms with Crippen LogP contribution in [0.15, 0.2) is 34.3 Å². The SMILES string of the molecule is Cc1ccc(-n2c(Sc3c(F)c(F)nc(F)c3F)nnc2N2CCOCC2)cc1. The van der Waals surface area contributed by atoms with E-state index in [1.54, 1.807) is 16.7 Å². The van der Waals surface area contributed by atoms with Gasteiger partial charge in [-0.05, 0) is 30.8 Å². The van der Waals surface area contributed by atoms with Crippen LogP contribution in [-0.2, 0) is 4.74 Å². The lowest BCUT2D eigenvalue weighted by atomic mass is 10.2. The minimum absolute atomic E-state index is 0.0538. The second-order valence-electron chi connectivity index (χ2n) is 6.31. The number of aryl methyl sites for hydroxylation is 1. The molecule has 0 atom stereocenters. The summed E-state index contributed by atoms with van der Waals surface area (Å²) in [6.45, 7) is 4.01. The summed E-state index contributed by atoms with van der Waals surface area (Å²) in [5.74, 6) is -6.17. The van der Waals surface area contributed by atoms with Crippen LogP contribution in [0.1, 0.15) is 5.56 Å². The van der Waals surface area contributed by atoms with Crippen molar-refractivity contribution in [3.05, 3.63) is 53.4 Å². The number of anilines is 1. The summed E-state index contributed by atoms with van der Waals surface area (Å²) in [6.07, 6.45) is 0. The molecule has 1 aliphatic heterocycles. The highest BCUT2D eigenvalue weighted by Crippen LogP contribution is 2.35. The van der Waals surface area contributed by atoms with E-state index in [1.807, 2.05) is 24.0 Å². The number of benzene rings is 1. The van der Waals surface area contributed by atoms with Crippen LogP contribution >= 0.6 is 11.8 Å². The summed E-state index contributed by atoms with van der Waals surface area (Å²) >= 11 is 0.441. The van der Waals surface area contributed by atoms with Gasteiger partial charge in [0.15, 0.2) is 11.6 Å². The number of hydrogen-bond acceptors (Lipinski definition) is 6. The first-order chi connectivity index (χ1) is 14.0. The molecule has 1 fully saturated rings. The van der Waals surface area contributed by atoms with Crippen molar-refractivity contribution in [1.82, 2.24) is 19.7 Å². The minimum Gasteiger partial charge on any atom is -0.378 e. The molecule has 0 N–H and O–H groups in total. The first-order valence-corrected chi connectivity index (χ1v) is 9.50. The fraction of sp³-hybridized carbons (Fsp3) is 0.278. The summed E-state index contributed by atoms with van der Waals surface area (Å²) in [4.78, 5) is 3.63. The van der Waals surface area contributed by atoms with Crippen LogP contribution < -0.4 is 4.90 Å². The maximum Gasteiger partial charge on any atom is 0.252 e. The number of rotatable bonds is 4. The predicted molar refractivity (Wildman–Crippen MR) is 97.3 cm³/mol. The van der Waals surface area contributed by atoms with E-state index in [-0.39, 0.29) is 5.16 Å². The molecule has 1 aliphatic rings. The molecule has 4 rings (SSSR count). The lowest BCUT2D eigenvalue weighted by Gasteiger charge is -2.28. The van der Waals surface area contributed by atoms with Crippen molar-refractivity contribution in [3.63, 3.8) is 0 Å². The first-order valence-electron chi connectivity index (χ1n) is 8.68. The molecular weight excluding hydrogens is 410 g/mol. The predicted octanol–water partition coefficient (Wildman–Crippen LogP) is 3.51. The van der Waals surface area contributed by atoms with Gasteiger partial charge in [-0.1, -0.05) is 17.7 Å². The molecule has 3 aromatic rings. The molecule has 0 bridgehead atoms. The Bertz CT molecular complexity index is 1010. The fourth-order valence-corrected chi connectivity index (χ4v) is 3.76. The van der Waals surface area contributed by atoms with E-state index in [0.717, 1.165) is 5.56 Å². The smallest absolute Gasteiger partial charge is 0.252 e. The van der Waals surface area contributed by atoms with Crippen molar-refractivity contribution in [2.75, 3.05) is 31.2 Å². The highest BCUT2D eigenvalue weighted by Gasteiger charge is 2.27. The normalized spacial score (nSPS) is 14.4. The van der Waals surface area contributed by atoms with Gasteiger partial charge in [-0.2, -0.15) is 13.8 Å².